The number of halogens is 1. The van der Waals surface area contributed by atoms with E-state index in [9.17, 15) is 14.0 Å². The van der Waals surface area contributed by atoms with Gasteiger partial charge in [-0.05, 0) is 52.4 Å². The number of ether oxygens (including phenoxy) is 1. The molecule has 5 heteroatoms. The Labute approximate surface area is 228 Å². The van der Waals surface area contributed by atoms with E-state index in [1.165, 1.54) is 24.8 Å². The van der Waals surface area contributed by atoms with Crippen LogP contribution in [0.1, 0.15) is 58.8 Å². The number of carbonyl (C=O) groups is 2. The Morgan fingerprint density at radius 3 is 2.00 bits per heavy atom. The highest BCUT2D eigenvalue weighted by atomic mass is 19.1. The monoisotopic (exact) mass is 519 g/mol. The second-order valence-electron chi connectivity index (χ2n) is 9.37. The van der Waals surface area contributed by atoms with Crippen LogP contribution in [0.25, 0.3) is 5.57 Å². The van der Waals surface area contributed by atoms with E-state index >= 15 is 0 Å². The summed E-state index contributed by atoms with van der Waals surface area (Å²) in [6.07, 6.45) is 2.02. The zero-order valence-corrected chi connectivity index (χ0v) is 22.2. The van der Waals surface area contributed by atoms with Crippen LogP contribution in [0.5, 0.6) is 0 Å². The minimum Gasteiger partial charge on any atom is -0.465 e. The average molecular weight is 520 g/mol. The van der Waals surface area contributed by atoms with Gasteiger partial charge >= 0.3 is 5.97 Å². The molecule has 0 heterocycles. The molecule has 39 heavy (non-hydrogen) atoms. The van der Waals surface area contributed by atoms with Crippen molar-refractivity contribution < 1.29 is 18.7 Å². The zero-order chi connectivity index (χ0) is 27.8. The quantitative estimate of drug-likeness (QED) is 0.128. The van der Waals surface area contributed by atoms with Crippen LogP contribution in [0.2, 0.25) is 0 Å². The number of hydrogen-bond donors (Lipinski definition) is 0. The van der Waals surface area contributed by atoms with Crippen LogP contribution in [0.15, 0.2) is 114 Å². The molecule has 0 aliphatic carbocycles. The summed E-state index contributed by atoms with van der Waals surface area (Å²) < 4.78 is 18.7. The molecule has 4 aromatic carbocycles. The van der Waals surface area contributed by atoms with E-state index < -0.39 is 5.97 Å². The number of esters is 1. The van der Waals surface area contributed by atoms with Gasteiger partial charge in [0.05, 0.1) is 12.8 Å². The molecule has 0 saturated carbocycles. The zero-order valence-electron chi connectivity index (χ0n) is 22.2. The van der Waals surface area contributed by atoms with Crippen LogP contribution in [0.4, 0.5) is 10.1 Å². The van der Waals surface area contributed by atoms with Crippen molar-refractivity contribution in [3.8, 4) is 0 Å². The number of methoxy groups -OCH3 is 1. The van der Waals surface area contributed by atoms with Gasteiger partial charge in [-0.15, -0.1) is 0 Å². The molecule has 196 valence electrons. The lowest BCUT2D eigenvalue weighted by atomic mass is 9.93. The summed E-state index contributed by atoms with van der Waals surface area (Å²) in [7, 11) is 1.30. The molecule has 0 aliphatic heterocycles. The van der Waals surface area contributed by atoms with E-state index in [2.05, 4.69) is 31.0 Å². The number of benzene rings is 4. The molecule has 0 aliphatic rings. The van der Waals surface area contributed by atoms with E-state index in [0.29, 0.717) is 22.7 Å². The highest BCUT2D eigenvalue weighted by Gasteiger charge is 2.17. The average Bonchev–Trinajstić information content (AvgIpc) is 2.97. The minimum atomic E-state index is -0.596. The van der Waals surface area contributed by atoms with Gasteiger partial charge in [-0.3, -0.25) is 4.79 Å². The molecular formula is C34H30FNO3. The smallest absolute Gasteiger partial charge is 0.352 e. The fraction of sp³-hybridized carbons (Fsp3) is 0.147. The predicted octanol–water partition coefficient (Wildman–Crippen LogP) is 7.95. The van der Waals surface area contributed by atoms with E-state index in [-0.39, 0.29) is 23.7 Å². The Hall–Kier alpha value is -4.64. The standard InChI is InChI=1S/C34H30FNO3/c1-23(2)24-13-15-25(16-14-24)29(26-17-19-28(35)20-18-26)21-22-32(34(38)39-3)36-31-12-8-7-11-30(31)33(37)27-9-5-4-6-10-27/h4-21,23H,22H2,1-3H3. The van der Waals surface area contributed by atoms with Crippen molar-refractivity contribution in [2.24, 2.45) is 4.99 Å². The highest BCUT2D eigenvalue weighted by molar-refractivity contribution is 6.37. The second-order valence-corrected chi connectivity index (χ2v) is 9.37. The summed E-state index contributed by atoms with van der Waals surface area (Å²) in [5, 5.41) is 0. The SMILES string of the molecule is COC(=O)C(CC=C(c1ccc(F)cc1)c1ccc(C(C)C)cc1)=Nc1ccccc1C(=O)c1ccccc1. The fourth-order valence-electron chi connectivity index (χ4n) is 4.22. The Balaban J connectivity index is 1.76. The summed E-state index contributed by atoms with van der Waals surface area (Å²) in [6.45, 7) is 4.26. The second kappa shape index (κ2) is 12.7. The number of carbonyl (C=O) groups excluding carboxylic acids is 2. The Morgan fingerprint density at radius 2 is 1.38 bits per heavy atom. The first kappa shape index (κ1) is 27.4. The number of rotatable bonds is 9. The van der Waals surface area contributed by atoms with Crippen molar-refractivity contribution in [3.63, 3.8) is 0 Å². The molecule has 0 spiro atoms. The lowest BCUT2D eigenvalue weighted by Crippen LogP contribution is -2.15. The molecule has 0 unspecified atom stereocenters. The van der Waals surface area contributed by atoms with E-state index in [1.807, 2.05) is 24.3 Å². The van der Waals surface area contributed by atoms with Gasteiger partial charge in [-0.25, -0.2) is 14.2 Å². The number of ketones is 1. The molecule has 0 aromatic heterocycles. The van der Waals surface area contributed by atoms with Gasteiger partial charge < -0.3 is 4.74 Å². The summed E-state index contributed by atoms with van der Waals surface area (Å²) in [5.41, 5.74) is 5.20. The normalized spacial score (nSPS) is 11.9. The van der Waals surface area contributed by atoms with Crippen LogP contribution in [-0.4, -0.2) is 24.6 Å². The van der Waals surface area contributed by atoms with Gasteiger partial charge in [-0.1, -0.05) is 98.8 Å². The van der Waals surface area contributed by atoms with Crippen molar-refractivity contribution in [2.45, 2.75) is 26.2 Å². The molecule has 0 radical (unpaired) electrons. The number of para-hydroxylation sites is 1. The van der Waals surface area contributed by atoms with E-state index in [1.54, 1.807) is 60.7 Å². The molecule has 4 nitrogen and oxygen atoms in total. The maximum absolute atomic E-state index is 13.7. The van der Waals surface area contributed by atoms with Crippen molar-refractivity contribution in [1.82, 2.24) is 0 Å². The molecular weight excluding hydrogens is 489 g/mol. The molecule has 0 saturated heterocycles. The third-order valence-corrected chi connectivity index (χ3v) is 6.40. The van der Waals surface area contributed by atoms with Crippen LogP contribution in [0, 0.1) is 5.82 Å². The van der Waals surface area contributed by atoms with Crippen molar-refractivity contribution in [2.75, 3.05) is 7.11 Å². The molecule has 4 rings (SSSR count). The maximum Gasteiger partial charge on any atom is 0.352 e. The lowest BCUT2D eigenvalue weighted by molar-refractivity contribution is -0.132. The Kier molecular flexibility index (Phi) is 8.95. The molecule has 0 fully saturated rings. The highest BCUT2D eigenvalue weighted by Crippen LogP contribution is 2.28. The maximum atomic E-state index is 13.7. The number of hydrogen-bond acceptors (Lipinski definition) is 4. The molecule has 0 N–H and O–H groups in total. The minimum absolute atomic E-state index is 0.138. The van der Waals surface area contributed by atoms with Gasteiger partial charge in [0.2, 0.25) is 0 Å². The number of allylic oxidation sites excluding steroid dienone is 1. The molecule has 4 aromatic rings. The molecule has 0 atom stereocenters. The van der Waals surface area contributed by atoms with Gasteiger partial charge in [0, 0.05) is 17.5 Å². The summed E-state index contributed by atoms with van der Waals surface area (Å²) in [5.74, 6) is -0.729. The Morgan fingerprint density at radius 1 is 0.795 bits per heavy atom. The van der Waals surface area contributed by atoms with E-state index in [4.69, 9.17) is 4.74 Å². The van der Waals surface area contributed by atoms with Gasteiger partial charge in [0.25, 0.3) is 0 Å². The third-order valence-electron chi connectivity index (χ3n) is 6.40. The van der Waals surface area contributed by atoms with Crippen LogP contribution in [0.3, 0.4) is 0 Å². The first-order valence-corrected chi connectivity index (χ1v) is 12.8. The largest absolute Gasteiger partial charge is 0.465 e. The summed E-state index contributed by atoms with van der Waals surface area (Å²) >= 11 is 0. The molecule has 0 bridgehead atoms. The van der Waals surface area contributed by atoms with Crippen LogP contribution < -0.4 is 0 Å². The van der Waals surface area contributed by atoms with Gasteiger partial charge in [0.15, 0.2) is 5.78 Å². The summed E-state index contributed by atoms with van der Waals surface area (Å²) in [4.78, 5) is 30.6. The predicted molar refractivity (Wildman–Crippen MR) is 154 cm³/mol. The van der Waals surface area contributed by atoms with E-state index in [0.717, 1.165) is 16.7 Å². The van der Waals surface area contributed by atoms with Crippen molar-refractivity contribution in [3.05, 3.63) is 143 Å². The number of nitrogens with zero attached hydrogens (tertiary/aromatic N) is 1. The first-order valence-electron chi connectivity index (χ1n) is 12.8. The first-order chi connectivity index (χ1) is 18.9. The van der Waals surface area contributed by atoms with Crippen molar-refractivity contribution >= 4 is 28.7 Å². The van der Waals surface area contributed by atoms with Crippen molar-refractivity contribution in [1.29, 1.82) is 0 Å². The van der Waals surface area contributed by atoms with Gasteiger partial charge in [-0.2, -0.15) is 0 Å². The Bertz CT molecular complexity index is 1500. The third kappa shape index (κ3) is 6.82. The van der Waals surface area contributed by atoms with Gasteiger partial charge in [0.1, 0.15) is 11.5 Å². The number of aliphatic imine (C=N–C) groups is 1. The topological polar surface area (TPSA) is 55.7 Å². The summed E-state index contributed by atoms with van der Waals surface area (Å²) in [6, 6.07) is 30.3. The van der Waals surface area contributed by atoms with Crippen LogP contribution in [-0.2, 0) is 9.53 Å². The fourth-order valence-corrected chi connectivity index (χ4v) is 4.22. The molecule has 0 amide bonds. The van der Waals surface area contributed by atoms with Crippen LogP contribution >= 0.6 is 0 Å². The lowest BCUT2D eigenvalue weighted by Gasteiger charge is -2.12.